The van der Waals surface area contributed by atoms with Crippen molar-refractivity contribution in [3.8, 4) is 6.07 Å². The van der Waals surface area contributed by atoms with E-state index in [1.54, 1.807) is 0 Å². The Bertz CT molecular complexity index is 449. The monoisotopic (exact) mass is 308 g/mol. The van der Waals surface area contributed by atoms with Crippen LogP contribution >= 0.6 is 0 Å². The number of hydrogen-bond donors (Lipinski definition) is 0. The number of nitriles is 1. The minimum atomic E-state index is -0.424. The molecule has 0 spiro atoms. The molecule has 116 valence electrons. The van der Waals surface area contributed by atoms with Crippen molar-refractivity contribution in [1.29, 1.82) is 5.26 Å². The van der Waals surface area contributed by atoms with Crippen LogP contribution in [0.15, 0.2) is 0 Å². The standard InChI is InChI=1S/C17H25NO2S/c1-15-6-9-16(10-7-15,11-8-15)20-14(19)13-2-4-17(21,12-18)5-3-13/h13,21H,2-11H2,1H3/p+1. The van der Waals surface area contributed by atoms with Crippen molar-refractivity contribution in [2.24, 2.45) is 11.3 Å². The smallest absolute Gasteiger partial charge is 0.309 e. The zero-order valence-corrected chi connectivity index (χ0v) is 13.9. The number of fused-ring (bicyclic) bond motifs is 3. The Labute approximate surface area is 132 Å². The average molecular weight is 308 g/mol. The highest BCUT2D eigenvalue weighted by atomic mass is 32.1. The topological polar surface area (TPSA) is 50.1 Å². The first kappa shape index (κ1) is 15.2. The minimum Gasteiger partial charge on any atom is -0.459 e. The molecule has 0 aromatic carbocycles. The molecule has 4 aliphatic carbocycles. The molecule has 0 N–H and O–H groups in total. The Morgan fingerprint density at radius 3 is 2.10 bits per heavy atom. The molecule has 4 aliphatic rings. The van der Waals surface area contributed by atoms with E-state index < -0.39 is 4.75 Å². The number of hydrogen-bond acceptors (Lipinski definition) is 3. The highest BCUT2D eigenvalue weighted by molar-refractivity contribution is 7.60. The first-order valence-electron chi connectivity index (χ1n) is 8.27. The molecular formula is C17H26NO2S+. The third-order valence-corrected chi connectivity index (χ3v) is 6.87. The molecule has 0 heterocycles. The predicted octanol–water partition coefficient (Wildman–Crippen LogP) is 3.11. The molecule has 0 amide bonds. The van der Waals surface area contributed by atoms with Gasteiger partial charge in [0.1, 0.15) is 11.7 Å². The molecule has 21 heavy (non-hydrogen) atoms. The van der Waals surface area contributed by atoms with E-state index in [0.29, 0.717) is 5.41 Å². The maximum atomic E-state index is 12.5. The van der Waals surface area contributed by atoms with E-state index in [1.165, 1.54) is 19.3 Å². The number of nitrogens with zero attached hydrogens (tertiary/aromatic N) is 1. The first-order chi connectivity index (χ1) is 9.88. The molecule has 0 aromatic rings. The molecule has 0 radical (unpaired) electrons. The summed E-state index contributed by atoms with van der Waals surface area (Å²) in [5.41, 5.74) is 0.341. The van der Waals surface area contributed by atoms with Crippen LogP contribution in [0.3, 0.4) is 0 Å². The van der Waals surface area contributed by atoms with E-state index in [-0.39, 0.29) is 17.5 Å². The van der Waals surface area contributed by atoms with Gasteiger partial charge in [0, 0.05) is 12.8 Å². The van der Waals surface area contributed by atoms with Crippen molar-refractivity contribution in [3.05, 3.63) is 0 Å². The Morgan fingerprint density at radius 1 is 1.10 bits per heavy atom. The first-order valence-corrected chi connectivity index (χ1v) is 8.77. The lowest BCUT2D eigenvalue weighted by Crippen LogP contribution is -2.48. The highest BCUT2D eigenvalue weighted by Crippen LogP contribution is 2.53. The van der Waals surface area contributed by atoms with Gasteiger partial charge >= 0.3 is 5.97 Å². The summed E-state index contributed by atoms with van der Waals surface area (Å²) in [7, 11) is 0. The summed E-state index contributed by atoms with van der Waals surface area (Å²) < 4.78 is 5.59. The Kier molecular flexibility index (Phi) is 3.76. The molecule has 4 heteroatoms. The molecule has 0 unspecified atom stereocenters. The van der Waals surface area contributed by atoms with E-state index in [2.05, 4.69) is 25.6 Å². The van der Waals surface area contributed by atoms with Crippen molar-refractivity contribution in [2.75, 3.05) is 0 Å². The quantitative estimate of drug-likeness (QED) is 0.582. The maximum absolute atomic E-state index is 12.5. The SMILES string of the molecule is CC12CCC(OC(=O)C3CCC([SH2+])(C#N)CC3)(CC1)CC2. The summed E-state index contributed by atoms with van der Waals surface area (Å²) >= 11 is 3.55. The van der Waals surface area contributed by atoms with Crippen molar-refractivity contribution in [3.63, 3.8) is 0 Å². The molecular weight excluding hydrogens is 282 g/mol. The van der Waals surface area contributed by atoms with Gasteiger partial charge in [-0.25, -0.2) is 0 Å². The van der Waals surface area contributed by atoms with Gasteiger partial charge in [-0.3, -0.25) is 4.79 Å². The van der Waals surface area contributed by atoms with Crippen LogP contribution in [0.4, 0.5) is 0 Å². The lowest BCUT2D eigenvalue weighted by atomic mass is 9.59. The summed E-state index contributed by atoms with van der Waals surface area (Å²) in [6.07, 6.45) is 9.74. The van der Waals surface area contributed by atoms with Crippen molar-refractivity contribution in [1.82, 2.24) is 0 Å². The van der Waals surface area contributed by atoms with Gasteiger partial charge in [-0.05, 0) is 69.4 Å². The predicted molar refractivity (Wildman–Crippen MR) is 85.1 cm³/mol. The number of carbonyl (C=O) groups is 1. The molecule has 0 saturated heterocycles. The van der Waals surface area contributed by atoms with Crippen molar-refractivity contribution >= 4 is 18.6 Å². The van der Waals surface area contributed by atoms with Gasteiger partial charge in [0.05, 0.1) is 5.92 Å². The van der Waals surface area contributed by atoms with Gasteiger partial charge < -0.3 is 4.74 Å². The lowest BCUT2D eigenvalue weighted by Gasteiger charge is -2.51. The minimum absolute atomic E-state index is 0.00700. The highest BCUT2D eigenvalue weighted by Gasteiger charge is 2.49. The van der Waals surface area contributed by atoms with Crippen LogP contribution in [0.2, 0.25) is 0 Å². The van der Waals surface area contributed by atoms with E-state index in [1.807, 2.05) is 0 Å². The van der Waals surface area contributed by atoms with Crippen LogP contribution in [-0.2, 0) is 22.2 Å². The van der Waals surface area contributed by atoms with Gasteiger partial charge in [-0.2, -0.15) is 5.26 Å². The van der Waals surface area contributed by atoms with Gasteiger partial charge in [-0.15, -0.1) is 0 Å². The van der Waals surface area contributed by atoms with E-state index in [9.17, 15) is 4.79 Å². The fourth-order valence-corrected chi connectivity index (χ4v) is 4.54. The van der Waals surface area contributed by atoms with E-state index in [0.717, 1.165) is 44.9 Å². The molecule has 0 aromatic heterocycles. The molecule has 3 nitrogen and oxygen atoms in total. The van der Waals surface area contributed by atoms with Crippen molar-refractivity contribution in [2.45, 2.75) is 81.5 Å². The summed E-state index contributed by atoms with van der Waals surface area (Å²) in [5, 5.41) is 9.13. The molecule has 0 atom stereocenters. The molecule has 0 aliphatic heterocycles. The lowest BCUT2D eigenvalue weighted by molar-refractivity contribution is -0.182. The molecule has 4 saturated carbocycles. The summed E-state index contributed by atoms with van der Waals surface area (Å²) in [6.45, 7) is 2.37. The number of esters is 1. The zero-order chi connectivity index (χ0) is 15.1. The third-order valence-electron chi connectivity index (χ3n) is 6.26. The second kappa shape index (κ2) is 5.19. The van der Waals surface area contributed by atoms with Gasteiger partial charge in [0.25, 0.3) is 0 Å². The van der Waals surface area contributed by atoms with Crippen LogP contribution in [0, 0.1) is 22.7 Å². The van der Waals surface area contributed by atoms with Gasteiger partial charge in [0.15, 0.2) is 0 Å². The summed E-state index contributed by atoms with van der Waals surface area (Å²) in [6, 6.07) is 2.31. The summed E-state index contributed by atoms with van der Waals surface area (Å²) in [4.78, 5) is 12.5. The number of ether oxygens (including phenoxy) is 1. The number of carbonyl (C=O) groups excluding carboxylic acids is 1. The average Bonchev–Trinajstić information content (AvgIpc) is 2.50. The Hall–Kier alpha value is -0.690. The van der Waals surface area contributed by atoms with Crippen LogP contribution in [0.5, 0.6) is 0 Å². The van der Waals surface area contributed by atoms with Crippen LogP contribution < -0.4 is 0 Å². The third kappa shape index (κ3) is 2.95. The van der Waals surface area contributed by atoms with Crippen LogP contribution in [0.1, 0.15) is 71.1 Å². The maximum Gasteiger partial charge on any atom is 0.309 e. The summed E-state index contributed by atoms with van der Waals surface area (Å²) in [5.74, 6) is -0.0143. The Morgan fingerprint density at radius 2 is 1.62 bits per heavy atom. The van der Waals surface area contributed by atoms with Crippen LogP contribution in [-0.4, -0.2) is 16.3 Å². The fourth-order valence-electron chi connectivity index (χ4n) is 4.25. The van der Waals surface area contributed by atoms with Gasteiger partial charge in [-0.1, -0.05) is 6.92 Å². The number of rotatable bonds is 2. The van der Waals surface area contributed by atoms with E-state index in [4.69, 9.17) is 10.00 Å². The largest absolute Gasteiger partial charge is 0.459 e. The molecule has 4 fully saturated rings. The second-order valence-electron chi connectivity index (χ2n) is 7.88. The van der Waals surface area contributed by atoms with E-state index >= 15 is 0 Å². The van der Waals surface area contributed by atoms with Gasteiger partial charge in [0.2, 0.25) is 4.75 Å². The Balaban J connectivity index is 1.57. The zero-order valence-electron chi connectivity index (χ0n) is 12.9. The van der Waals surface area contributed by atoms with Crippen molar-refractivity contribution < 1.29 is 9.53 Å². The molecule has 4 rings (SSSR count). The second-order valence-corrected chi connectivity index (χ2v) is 8.84. The molecule has 2 bridgehead atoms. The fraction of sp³-hybridized carbons (Fsp3) is 0.882. The van der Waals surface area contributed by atoms with Crippen LogP contribution in [0.25, 0.3) is 0 Å². The normalized spacial score (nSPS) is 45.9.